The van der Waals surface area contributed by atoms with Crippen LogP contribution >= 0.6 is 12.2 Å². The van der Waals surface area contributed by atoms with Crippen molar-refractivity contribution >= 4 is 46.7 Å². The molecule has 186 valence electrons. The van der Waals surface area contributed by atoms with Gasteiger partial charge in [0.1, 0.15) is 11.9 Å². The third-order valence-corrected chi connectivity index (χ3v) is 5.55. The zero-order valence-corrected chi connectivity index (χ0v) is 20.2. The molecule has 2 amide bonds. The van der Waals surface area contributed by atoms with Gasteiger partial charge in [-0.2, -0.15) is 0 Å². The summed E-state index contributed by atoms with van der Waals surface area (Å²) in [6, 6.07) is 4.59. The molecule has 1 N–H and O–H groups in total. The van der Waals surface area contributed by atoms with Crippen LogP contribution in [0, 0.1) is 5.82 Å². The van der Waals surface area contributed by atoms with Crippen molar-refractivity contribution in [1.82, 2.24) is 10.2 Å². The van der Waals surface area contributed by atoms with Gasteiger partial charge in [-0.25, -0.2) is 9.18 Å². The maximum atomic E-state index is 14.9. The van der Waals surface area contributed by atoms with Crippen LogP contribution in [0.1, 0.15) is 20.8 Å². The van der Waals surface area contributed by atoms with Crippen LogP contribution in [-0.4, -0.2) is 86.1 Å². The van der Waals surface area contributed by atoms with Gasteiger partial charge in [-0.1, -0.05) is 0 Å². The molecule has 0 radical (unpaired) electrons. The van der Waals surface area contributed by atoms with E-state index in [1.54, 1.807) is 17.0 Å². The molecule has 3 rings (SSSR count). The first-order valence-corrected chi connectivity index (χ1v) is 11.4. The highest BCUT2D eigenvalue weighted by Crippen LogP contribution is 2.28. The summed E-state index contributed by atoms with van der Waals surface area (Å²) >= 11 is 5.07. The van der Waals surface area contributed by atoms with Crippen molar-refractivity contribution in [3.05, 3.63) is 24.0 Å². The molecular weight excluding hydrogens is 467 g/mol. The summed E-state index contributed by atoms with van der Waals surface area (Å²) < 4.78 is 30.4. The molecule has 2 fully saturated rings. The average molecular weight is 497 g/mol. The predicted octanol–water partition coefficient (Wildman–Crippen LogP) is 1.66. The van der Waals surface area contributed by atoms with Crippen LogP contribution in [0.4, 0.5) is 20.6 Å². The molecule has 0 aromatic heterocycles. The molecule has 2 saturated heterocycles. The van der Waals surface area contributed by atoms with E-state index in [1.165, 1.54) is 17.9 Å². The van der Waals surface area contributed by atoms with Crippen LogP contribution in [-0.2, 0) is 23.8 Å². The van der Waals surface area contributed by atoms with Crippen LogP contribution in [0.15, 0.2) is 18.2 Å². The van der Waals surface area contributed by atoms with Gasteiger partial charge < -0.3 is 29.3 Å². The van der Waals surface area contributed by atoms with E-state index < -0.39 is 24.0 Å². The number of carbonyl (C=O) groups excluding carboxylic acids is 3. The topological polar surface area (TPSA) is 101 Å². The Morgan fingerprint density at radius 3 is 2.59 bits per heavy atom. The van der Waals surface area contributed by atoms with E-state index in [-0.39, 0.29) is 36.9 Å². The maximum Gasteiger partial charge on any atom is 0.414 e. The molecule has 0 spiro atoms. The standard InChI is InChI=1S/C22H29FN4O6S/c1-14(2)32-21(34)24-11-17-12-27(22(30)33-17)16-4-5-19(18(23)10-16)25-6-8-26(9-7-25)20(29)13-31-15(3)28/h4-5,10,14,17H,6-9,11-13H2,1-3H3,(H,24,34). The predicted molar refractivity (Wildman–Crippen MR) is 126 cm³/mol. The monoisotopic (exact) mass is 496 g/mol. The Balaban J connectivity index is 1.54. The first-order valence-electron chi connectivity index (χ1n) is 11.0. The number of hydrogen-bond donors (Lipinski definition) is 1. The van der Waals surface area contributed by atoms with Gasteiger partial charge in [0.05, 0.1) is 30.6 Å². The van der Waals surface area contributed by atoms with Crippen molar-refractivity contribution in [2.75, 3.05) is 55.7 Å². The lowest BCUT2D eigenvalue weighted by molar-refractivity contribution is -0.150. The Bertz CT molecular complexity index is 938. The van der Waals surface area contributed by atoms with E-state index in [0.717, 1.165) is 0 Å². The van der Waals surface area contributed by atoms with Crippen LogP contribution in [0.25, 0.3) is 0 Å². The van der Waals surface area contributed by atoms with Crippen molar-refractivity contribution in [1.29, 1.82) is 0 Å². The highest BCUT2D eigenvalue weighted by Gasteiger charge is 2.33. The van der Waals surface area contributed by atoms with E-state index in [1.807, 2.05) is 18.7 Å². The number of rotatable bonds is 7. The number of ether oxygens (including phenoxy) is 3. The Morgan fingerprint density at radius 2 is 1.97 bits per heavy atom. The van der Waals surface area contributed by atoms with E-state index in [9.17, 15) is 18.8 Å². The van der Waals surface area contributed by atoms with Gasteiger partial charge in [0, 0.05) is 33.1 Å². The van der Waals surface area contributed by atoms with Gasteiger partial charge in [-0.05, 0) is 44.3 Å². The fourth-order valence-electron chi connectivity index (χ4n) is 3.66. The number of esters is 1. The number of carbonyl (C=O) groups is 3. The minimum absolute atomic E-state index is 0.0617. The van der Waals surface area contributed by atoms with Crippen LogP contribution in [0.5, 0.6) is 0 Å². The summed E-state index contributed by atoms with van der Waals surface area (Å²) in [5.74, 6) is -1.26. The van der Waals surface area contributed by atoms with Crippen molar-refractivity contribution in [2.24, 2.45) is 0 Å². The number of hydrogen-bond acceptors (Lipinski definition) is 8. The molecule has 1 unspecified atom stereocenters. The number of piperazine rings is 1. The summed E-state index contributed by atoms with van der Waals surface area (Å²) in [5, 5.41) is 3.14. The van der Waals surface area contributed by atoms with Crippen LogP contribution in [0.2, 0.25) is 0 Å². The molecule has 2 aliphatic heterocycles. The van der Waals surface area contributed by atoms with Crippen LogP contribution in [0.3, 0.4) is 0 Å². The summed E-state index contributed by atoms with van der Waals surface area (Å²) in [7, 11) is 0. The van der Waals surface area contributed by atoms with Crippen molar-refractivity contribution in [3.8, 4) is 0 Å². The van der Waals surface area contributed by atoms with Gasteiger partial charge in [-0.15, -0.1) is 0 Å². The lowest BCUT2D eigenvalue weighted by atomic mass is 10.2. The Kier molecular flexibility index (Phi) is 8.48. The molecule has 2 aliphatic rings. The molecule has 1 aromatic carbocycles. The molecule has 0 saturated carbocycles. The summed E-state index contributed by atoms with van der Waals surface area (Å²) in [6.07, 6.45) is -1.08. The first-order chi connectivity index (χ1) is 16.1. The molecule has 2 heterocycles. The van der Waals surface area contributed by atoms with Gasteiger partial charge in [0.2, 0.25) is 0 Å². The number of cyclic esters (lactones) is 1. The van der Waals surface area contributed by atoms with E-state index in [0.29, 0.717) is 37.6 Å². The minimum Gasteiger partial charge on any atom is -0.468 e. The number of nitrogens with one attached hydrogen (secondary N) is 1. The molecule has 1 aromatic rings. The summed E-state index contributed by atoms with van der Waals surface area (Å²) in [5.41, 5.74) is 0.780. The van der Waals surface area contributed by atoms with Gasteiger partial charge in [0.15, 0.2) is 6.61 Å². The molecule has 10 nitrogen and oxygen atoms in total. The lowest BCUT2D eigenvalue weighted by Crippen LogP contribution is -2.50. The Hall–Kier alpha value is -3.15. The molecule has 12 heteroatoms. The summed E-state index contributed by atoms with van der Waals surface area (Å²) in [6.45, 7) is 6.83. The Morgan fingerprint density at radius 1 is 1.26 bits per heavy atom. The number of thiocarbonyl (C=S) groups is 1. The van der Waals surface area contributed by atoms with Crippen molar-refractivity contribution < 1.29 is 33.0 Å². The zero-order valence-electron chi connectivity index (χ0n) is 19.4. The minimum atomic E-state index is -0.561. The highest BCUT2D eigenvalue weighted by molar-refractivity contribution is 7.80. The van der Waals surface area contributed by atoms with E-state index in [2.05, 4.69) is 5.32 Å². The van der Waals surface area contributed by atoms with E-state index in [4.69, 9.17) is 26.4 Å². The van der Waals surface area contributed by atoms with Crippen LogP contribution < -0.4 is 15.1 Å². The average Bonchev–Trinajstić information content (AvgIpc) is 3.16. The second-order valence-electron chi connectivity index (χ2n) is 8.24. The fourth-order valence-corrected chi connectivity index (χ4v) is 3.94. The third-order valence-electron chi connectivity index (χ3n) is 5.31. The van der Waals surface area contributed by atoms with Crippen molar-refractivity contribution in [2.45, 2.75) is 33.0 Å². The number of halogens is 1. The second kappa shape index (κ2) is 11.3. The second-order valence-corrected chi connectivity index (χ2v) is 8.61. The number of benzene rings is 1. The van der Waals surface area contributed by atoms with Gasteiger partial charge in [-0.3, -0.25) is 14.5 Å². The number of amides is 2. The SMILES string of the molecule is CC(=O)OCC(=O)N1CCN(c2ccc(N3CC(CNC(=S)OC(C)C)OC3=O)cc2F)CC1. The van der Waals surface area contributed by atoms with E-state index >= 15 is 0 Å². The third kappa shape index (κ3) is 6.69. The first kappa shape index (κ1) is 25.5. The van der Waals surface area contributed by atoms with Gasteiger partial charge in [0.25, 0.3) is 11.1 Å². The highest BCUT2D eigenvalue weighted by atomic mass is 32.1. The zero-order chi connectivity index (χ0) is 24.8. The number of anilines is 2. The number of nitrogens with zero attached hydrogens (tertiary/aromatic N) is 3. The largest absolute Gasteiger partial charge is 0.468 e. The smallest absolute Gasteiger partial charge is 0.414 e. The molecule has 1 atom stereocenters. The molecule has 34 heavy (non-hydrogen) atoms. The normalized spacial score (nSPS) is 18.1. The fraction of sp³-hybridized carbons (Fsp3) is 0.545. The maximum absolute atomic E-state index is 14.9. The lowest BCUT2D eigenvalue weighted by Gasteiger charge is -2.36. The summed E-state index contributed by atoms with van der Waals surface area (Å²) in [4.78, 5) is 40.1. The van der Waals surface area contributed by atoms with Gasteiger partial charge >= 0.3 is 12.1 Å². The molecule has 0 bridgehead atoms. The molecular formula is C22H29FN4O6S. The Labute approximate surface area is 202 Å². The quantitative estimate of drug-likeness (QED) is 0.446. The molecule has 0 aliphatic carbocycles. The van der Waals surface area contributed by atoms with Crippen molar-refractivity contribution in [3.63, 3.8) is 0 Å².